The SMILES string of the molecule is CN1CC(c2ncc(-c3ccc4[nH]c(=O)[nH]c4c3)s2)C1. The van der Waals surface area contributed by atoms with Gasteiger partial charge in [-0.15, -0.1) is 11.3 Å². The first-order valence-electron chi connectivity index (χ1n) is 6.56. The standard InChI is InChI=1S/C14H14N4OS/c1-18-6-9(7-18)13-15-5-12(20-13)8-2-3-10-11(4-8)17-14(19)16-10/h2-5,9H,6-7H2,1H3,(H2,16,17,19). The highest BCUT2D eigenvalue weighted by Crippen LogP contribution is 2.34. The van der Waals surface area contributed by atoms with Crippen molar-refractivity contribution in [2.75, 3.05) is 20.1 Å². The number of aromatic nitrogens is 3. The number of nitrogens with zero attached hydrogens (tertiary/aromatic N) is 2. The molecule has 1 aliphatic heterocycles. The van der Waals surface area contributed by atoms with Crippen LogP contribution >= 0.6 is 11.3 Å². The second kappa shape index (κ2) is 4.29. The smallest absolute Gasteiger partial charge is 0.306 e. The number of imidazole rings is 1. The van der Waals surface area contributed by atoms with E-state index in [1.54, 1.807) is 11.3 Å². The van der Waals surface area contributed by atoms with Gasteiger partial charge in [0.1, 0.15) is 0 Å². The molecule has 0 unspecified atom stereocenters. The van der Waals surface area contributed by atoms with Gasteiger partial charge in [0.25, 0.3) is 0 Å². The highest BCUT2D eigenvalue weighted by Gasteiger charge is 2.27. The number of nitrogens with one attached hydrogen (secondary N) is 2. The molecule has 20 heavy (non-hydrogen) atoms. The molecular weight excluding hydrogens is 272 g/mol. The van der Waals surface area contributed by atoms with Gasteiger partial charge in [-0.05, 0) is 24.7 Å². The fraction of sp³-hybridized carbons (Fsp3) is 0.286. The Hall–Kier alpha value is -1.92. The van der Waals surface area contributed by atoms with E-state index in [1.165, 1.54) is 5.01 Å². The summed E-state index contributed by atoms with van der Waals surface area (Å²) in [5.41, 5.74) is 2.61. The predicted molar refractivity (Wildman–Crippen MR) is 80.3 cm³/mol. The number of fused-ring (bicyclic) bond motifs is 1. The van der Waals surface area contributed by atoms with E-state index in [-0.39, 0.29) is 5.69 Å². The number of hydrogen-bond donors (Lipinski definition) is 2. The predicted octanol–water partition coefficient (Wildman–Crippen LogP) is 2.01. The normalized spacial score (nSPS) is 16.6. The Morgan fingerprint density at radius 2 is 2.10 bits per heavy atom. The summed E-state index contributed by atoms with van der Waals surface area (Å²) in [6, 6.07) is 5.95. The Morgan fingerprint density at radius 1 is 1.30 bits per heavy atom. The fourth-order valence-corrected chi connectivity index (χ4v) is 3.65. The number of thiazole rings is 1. The number of likely N-dealkylation sites (tertiary alicyclic amines) is 1. The van der Waals surface area contributed by atoms with Crippen LogP contribution in [0.15, 0.2) is 29.2 Å². The Labute approximate surface area is 119 Å². The van der Waals surface area contributed by atoms with Gasteiger partial charge >= 0.3 is 5.69 Å². The monoisotopic (exact) mass is 286 g/mol. The zero-order chi connectivity index (χ0) is 13.7. The lowest BCUT2D eigenvalue weighted by Gasteiger charge is -2.34. The number of aromatic amines is 2. The number of hydrogen-bond acceptors (Lipinski definition) is 4. The minimum Gasteiger partial charge on any atom is -0.306 e. The molecule has 5 nitrogen and oxygen atoms in total. The van der Waals surface area contributed by atoms with E-state index < -0.39 is 0 Å². The summed E-state index contributed by atoms with van der Waals surface area (Å²) in [6.07, 6.45) is 1.93. The molecule has 2 N–H and O–H groups in total. The molecular formula is C14H14N4OS. The van der Waals surface area contributed by atoms with Gasteiger partial charge in [-0.1, -0.05) is 6.07 Å². The molecule has 0 amide bonds. The molecule has 0 saturated carbocycles. The third-order valence-electron chi connectivity index (χ3n) is 3.74. The third-order valence-corrected chi connectivity index (χ3v) is 4.95. The van der Waals surface area contributed by atoms with Gasteiger partial charge in [-0.2, -0.15) is 0 Å². The lowest BCUT2D eigenvalue weighted by molar-refractivity contribution is 0.189. The molecule has 1 saturated heterocycles. The Morgan fingerprint density at radius 3 is 2.90 bits per heavy atom. The third kappa shape index (κ3) is 1.88. The first-order valence-corrected chi connectivity index (χ1v) is 7.37. The zero-order valence-corrected chi connectivity index (χ0v) is 11.8. The van der Waals surface area contributed by atoms with E-state index in [4.69, 9.17) is 0 Å². The number of benzene rings is 1. The van der Waals surface area contributed by atoms with Crippen molar-refractivity contribution in [3.63, 3.8) is 0 Å². The molecule has 4 rings (SSSR count). The van der Waals surface area contributed by atoms with E-state index in [2.05, 4.69) is 26.9 Å². The van der Waals surface area contributed by atoms with Gasteiger partial charge in [0.05, 0.1) is 20.9 Å². The van der Waals surface area contributed by atoms with Crippen molar-refractivity contribution in [2.45, 2.75) is 5.92 Å². The minimum absolute atomic E-state index is 0.167. The maximum Gasteiger partial charge on any atom is 0.323 e. The molecule has 1 fully saturated rings. The maximum atomic E-state index is 11.3. The van der Waals surface area contributed by atoms with Crippen LogP contribution in [0.5, 0.6) is 0 Å². The van der Waals surface area contributed by atoms with Crippen LogP contribution in [-0.4, -0.2) is 40.0 Å². The van der Waals surface area contributed by atoms with Gasteiger partial charge < -0.3 is 14.9 Å². The second-order valence-electron chi connectivity index (χ2n) is 5.32. The molecule has 0 atom stereocenters. The highest BCUT2D eigenvalue weighted by molar-refractivity contribution is 7.15. The van der Waals surface area contributed by atoms with E-state index in [9.17, 15) is 4.79 Å². The van der Waals surface area contributed by atoms with E-state index >= 15 is 0 Å². The van der Waals surface area contributed by atoms with Gasteiger partial charge in [0, 0.05) is 25.2 Å². The van der Waals surface area contributed by atoms with Gasteiger partial charge in [0.15, 0.2) is 0 Å². The average Bonchev–Trinajstić information content (AvgIpc) is 2.99. The first-order chi connectivity index (χ1) is 9.69. The topological polar surface area (TPSA) is 64.8 Å². The summed E-state index contributed by atoms with van der Waals surface area (Å²) in [6.45, 7) is 2.19. The van der Waals surface area contributed by atoms with Crippen molar-refractivity contribution in [1.82, 2.24) is 19.9 Å². The minimum atomic E-state index is -0.167. The van der Waals surface area contributed by atoms with Crippen LogP contribution in [0.25, 0.3) is 21.5 Å². The maximum absolute atomic E-state index is 11.3. The van der Waals surface area contributed by atoms with Crippen molar-refractivity contribution in [3.8, 4) is 10.4 Å². The molecule has 6 heteroatoms. The van der Waals surface area contributed by atoms with Gasteiger partial charge in [0.2, 0.25) is 0 Å². The Kier molecular flexibility index (Phi) is 2.55. The van der Waals surface area contributed by atoms with Crippen molar-refractivity contribution in [3.05, 3.63) is 39.9 Å². The molecule has 1 aromatic carbocycles. The average molecular weight is 286 g/mol. The molecule has 0 aliphatic carbocycles. The van der Waals surface area contributed by atoms with Crippen molar-refractivity contribution in [1.29, 1.82) is 0 Å². The fourth-order valence-electron chi connectivity index (χ4n) is 2.65. The van der Waals surface area contributed by atoms with E-state index in [0.29, 0.717) is 5.92 Å². The lowest BCUT2D eigenvalue weighted by Crippen LogP contribution is -2.41. The molecule has 0 spiro atoms. The summed E-state index contributed by atoms with van der Waals surface area (Å²) in [5, 5.41) is 1.21. The largest absolute Gasteiger partial charge is 0.323 e. The molecule has 2 aromatic heterocycles. The van der Waals surface area contributed by atoms with Crippen LogP contribution in [0.3, 0.4) is 0 Å². The lowest BCUT2D eigenvalue weighted by atomic mass is 10.0. The molecule has 3 heterocycles. The van der Waals surface area contributed by atoms with Gasteiger partial charge in [-0.25, -0.2) is 9.78 Å². The zero-order valence-electron chi connectivity index (χ0n) is 11.0. The van der Waals surface area contributed by atoms with Crippen LogP contribution < -0.4 is 5.69 Å². The summed E-state index contributed by atoms with van der Waals surface area (Å²) >= 11 is 1.75. The van der Waals surface area contributed by atoms with Crippen LogP contribution in [0.1, 0.15) is 10.9 Å². The summed E-state index contributed by atoms with van der Waals surface area (Å²) < 4.78 is 0. The summed E-state index contributed by atoms with van der Waals surface area (Å²) in [7, 11) is 2.13. The van der Waals surface area contributed by atoms with E-state index in [1.807, 2.05) is 24.4 Å². The Balaban J connectivity index is 1.69. The number of likely N-dealkylation sites (N-methyl/N-ethyl adjacent to an activating group) is 1. The van der Waals surface area contributed by atoms with Crippen molar-refractivity contribution < 1.29 is 0 Å². The molecule has 3 aromatic rings. The molecule has 1 aliphatic rings. The number of H-pyrrole nitrogens is 2. The van der Waals surface area contributed by atoms with Crippen molar-refractivity contribution in [2.24, 2.45) is 0 Å². The first kappa shape index (κ1) is 11.9. The van der Waals surface area contributed by atoms with E-state index in [0.717, 1.165) is 34.6 Å². The van der Waals surface area contributed by atoms with Crippen LogP contribution in [0.2, 0.25) is 0 Å². The Bertz CT molecular complexity index is 825. The van der Waals surface area contributed by atoms with Gasteiger partial charge in [-0.3, -0.25) is 0 Å². The number of rotatable bonds is 2. The van der Waals surface area contributed by atoms with Crippen LogP contribution in [0.4, 0.5) is 0 Å². The molecule has 102 valence electrons. The second-order valence-corrected chi connectivity index (χ2v) is 6.38. The van der Waals surface area contributed by atoms with Crippen LogP contribution in [0, 0.1) is 0 Å². The van der Waals surface area contributed by atoms with Crippen LogP contribution in [-0.2, 0) is 0 Å². The van der Waals surface area contributed by atoms with Crippen molar-refractivity contribution >= 4 is 22.4 Å². The highest BCUT2D eigenvalue weighted by atomic mass is 32.1. The molecule has 0 radical (unpaired) electrons. The quantitative estimate of drug-likeness (QED) is 0.757. The summed E-state index contributed by atoms with van der Waals surface area (Å²) in [4.78, 5) is 24.8. The molecule has 0 bridgehead atoms. The summed E-state index contributed by atoms with van der Waals surface area (Å²) in [5.74, 6) is 0.578.